The van der Waals surface area contributed by atoms with Gasteiger partial charge in [-0.3, -0.25) is 4.98 Å². The highest BCUT2D eigenvalue weighted by Crippen LogP contribution is 2.30. The Morgan fingerprint density at radius 1 is 0.971 bits per heavy atom. The average Bonchev–Trinajstić information content (AvgIpc) is 3.26. The summed E-state index contributed by atoms with van der Waals surface area (Å²) in [5.41, 5.74) is 3.71. The standard InChI is InChI=1S/C23H25N7O2S2/c1-16(2)34(31,32)30-13-11-29(12-14-30)18-7-10-25-21(15-18)28-23-27-20-4-3-19(26-22(20)33-23)17-5-8-24-9-6-17/h3-10,15-16H,11-14H2,1-2H3,(H,25,27,28). The molecule has 176 valence electrons. The molecule has 1 fully saturated rings. The highest BCUT2D eigenvalue weighted by Gasteiger charge is 2.29. The minimum absolute atomic E-state index is 0.403. The van der Waals surface area contributed by atoms with E-state index in [4.69, 9.17) is 4.98 Å². The lowest BCUT2D eigenvalue weighted by atomic mass is 10.2. The number of nitrogens with one attached hydrogen (secondary N) is 1. The van der Waals surface area contributed by atoms with E-state index in [1.807, 2.05) is 36.4 Å². The van der Waals surface area contributed by atoms with E-state index in [-0.39, 0.29) is 0 Å². The minimum Gasteiger partial charge on any atom is -0.369 e. The first-order chi connectivity index (χ1) is 16.4. The molecule has 5 rings (SSSR count). The normalized spacial score (nSPS) is 15.2. The third-order valence-electron chi connectivity index (χ3n) is 5.77. The van der Waals surface area contributed by atoms with E-state index >= 15 is 0 Å². The molecule has 0 radical (unpaired) electrons. The molecule has 0 aliphatic carbocycles. The van der Waals surface area contributed by atoms with Gasteiger partial charge in [0.25, 0.3) is 0 Å². The summed E-state index contributed by atoms with van der Waals surface area (Å²) in [5, 5.41) is 3.61. The Kier molecular flexibility index (Phi) is 6.15. The largest absolute Gasteiger partial charge is 0.369 e. The molecule has 5 heterocycles. The number of aromatic nitrogens is 4. The monoisotopic (exact) mass is 495 g/mol. The van der Waals surface area contributed by atoms with Crippen molar-refractivity contribution < 1.29 is 8.42 Å². The van der Waals surface area contributed by atoms with Crippen molar-refractivity contribution in [2.24, 2.45) is 0 Å². The lowest BCUT2D eigenvalue weighted by Crippen LogP contribution is -2.50. The van der Waals surface area contributed by atoms with Gasteiger partial charge in [0.1, 0.15) is 16.2 Å². The van der Waals surface area contributed by atoms with E-state index in [0.717, 1.165) is 27.3 Å². The SMILES string of the molecule is CC(C)S(=O)(=O)N1CCN(c2ccnc(Nc3nc4ccc(-c5ccncc5)nc4s3)c2)CC1. The minimum atomic E-state index is -3.22. The van der Waals surface area contributed by atoms with Crippen molar-refractivity contribution in [3.63, 3.8) is 0 Å². The number of hydrogen-bond donors (Lipinski definition) is 1. The van der Waals surface area contributed by atoms with Gasteiger partial charge in [-0.25, -0.2) is 23.4 Å². The van der Waals surface area contributed by atoms with E-state index in [9.17, 15) is 8.42 Å². The van der Waals surface area contributed by atoms with Crippen LogP contribution in [0.5, 0.6) is 0 Å². The van der Waals surface area contributed by atoms with Gasteiger partial charge in [0, 0.05) is 62.1 Å². The Balaban J connectivity index is 1.30. The van der Waals surface area contributed by atoms with Crippen LogP contribution >= 0.6 is 11.3 Å². The van der Waals surface area contributed by atoms with Gasteiger partial charge in [-0.2, -0.15) is 4.31 Å². The maximum atomic E-state index is 12.4. The topological polar surface area (TPSA) is 104 Å². The van der Waals surface area contributed by atoms with Gasteiger partial charge in [0.2, 0.25) is 10.0 Å². The Hall–Kier alpha value is -3.15. The quantitative estimate of drug-likeness (QED) is 0.431. The number of rotatable bonds is 6. The van der Waals surface area contributed by atoms with Crippen LogP contribution in [0, 0.1) is 0 Å². The molecule has 1 aliphatic heterocycles. The first-order valence-corrected chi connectivity index (χ1v) is 13.4. The number of pyridine rings is 3. The molecular weight excluding hydrogens is 470 g/mol. The average molecular weight is 496 g/mol. The van der Waals surface area contributed by atoms with E-state index < -0.39 is 15.3 Å². The first kappa shape index (κ1) is 22.6. The van der Waals surface area contributed by atoms with Crippen molar-refractivity contribution in [1.82, 2.24) is 24.2 Å². The number of fused-ring (bicyclic) bond motifs is 1. The second-order valence-corrected chi connectivity index (χ2v) is 11.7. The number of nitrogens with zero attached hydrogens (tertiary/aromatic N) is 6. The van der Waals surface area contributed by atoms with Crippen LogP contribution in [0.3, 0.4) is 0 Å². The fraction of sp³-hybridized carbons (Fsp3) is 0.304. The molecule has 0 bridgehead atoms. The Morgan fingerprint density at radius 2 is 1.74 bits per heavy atom. The molecule has 1 saturated heterocycles. The molecule has 4 aromatic rings. The van der Waals surface area contributed by atoms with Crippen LogP contribution in [-0.4, -0.2) is 64.1 Å². The molecule has 1 N–H and O–H groups in total. The molecule has 1 aliphatic rings. The third-order valence-corrected chi connectivity index (χ3v) is 8.93. The predicted molar refractivity (Wildman–Crippen MR) is 136 cm³/mol. The zero-order chi connectivity index (χ0) is 23.7. The summed E-state index contributed by atoms with van der Waals surface area (Å²) < 4.78 is 26.5. The number of sulfonamides is 1. The molecule has 0 unspecified atom stereocenters. The van der Waals surface area contributed by atoms with Crippen molar-refractivity contribution in [2.45, 2.75) is 19.1 Å². The number of piperazine rings is 1. The molecule has 0 aromatic carbocycles. The van der Waals surface area contributed by atoms with Crippen LogP contribution in [0.25, 0.3) is 21.6 Å². The number of thiazole rings is 1. The summed E-state index contributed by atoms with van der Waals surface area (Å²) in [4.78, 5) is 20.9. The van der Waals surface area contributed by atoms with Gasteiger partial charge in [-0.15, -0.1) is 0 Å². The number of hydrogen-bond acceptors (Lipinski definition) is 9. The van der Waals surface area contributed by atoms with Crippen molar-refractivity contribution in [3.8, 4) is 11.3 Å². The first-order valence-electron chi connectivity index (χ1n) is 11.0. The molecule has 11 heteroatoms. The lowest BCUT2D eigenvalue weighted by Gasteiger charge is -2.36. The van der Waals surface area contributed by atoms with Crippen LogP contribution in [0.1, 0.15) is 13.8 Å². The van der Waals surface area contributed by atoms with Crippen molar-refractivity contribution in [3.05, 3.63) is 55.0 Å². The fourth-order valence-electron chi connectivity index (χ4n) is 3.85. The van der Waals surface area contributed by atoms with E-state index in [2.05, 4.69) is 25.2 Å². The molecule has 34 heavy (non-hydrogen) atoms. The number of anilines is 3. The molecular formula is C23H25N7O2S2. The maximum absolute atomic E-state index is 12.4. The van der Waals surface area contributed by atoms with Gasteiger partial charge in [-0.05, 0) is 44.2 Å². The van der Waals surface area contributed by atoms with E-state index in [1.165, 1.54) is 11.3 Å². The molecule has 0 amide bonds. The smallest absolute Gasteiger partial charge is 0.216 e. The van der Waals surface area contributed by atoms with Gasteiger partial charge < -0.3 is 10.2 Å². The van der Waals surface area contributed by atoms with Gasteiger partial charge in [0.15, 0.2) is 5.13 Å². The maximum Gasteiger partial charge on any atom is 0.216 e. The van der Waals surface area contributed by atoms with Crippen LogP contribution < -0.4 is 10.2 Å². The fourth-order valence-corrected chi connectivity index (χ4v) is 5.96. The lowest BCUT2D eigenvalue weighted by molar-refractivity contribution is 0.381. The van der Waals surface area contributed by atoms with Gasteiger partial charge in [0.05, 0.1) is 10.9 Å². The third kappa shape index (κ3) is 4.59. The van der Waals surface area contributed by atoms with E-state index in [0.29, 0.717) is 37.1 Å². The summed E-state index contributed by atoms with van der Waals surface area (Å²) in [5.74, 6) is 0.683. The summed E-state index contributed by atoms with van der Waals surface area (Å²) in [6, 6.07) is 11.7. The predicted octanol–water partition coefficient (Wildman–Crippen LogP) is 3.75. The zero-order valence-electron chi connectivity index (χ0n) is 18.9. The molecule has 0 saturated carbocycles. The van der Waals surface area contributed by atoms with Gasteiger partial charge >= 0.3 is 0 Å². The van der Waals surface area contributed by atoms with Crippen LogP contribution in [0.2, 0.25) is 0 Å². The molecule has 9 nitrogen and oxygen atoms in total. The Morgan fingerprint density at radius 3 is 2.47 bits per heavy atom. The highest BCUT2D eigenvalue weighted by molar-refractivity contribution is 7.89. The summed E-state index contributed by atoms with van der Waals surface area (Å²) in [6.07, 6.45) is 5.26. The Labute approximate surface area is 202 Å². The van der Waals surface area contributed by atoms with Crippen molar-refractivity contribution in [1.29, 1.82) is 0 Å². The van der Waals surface area contributed by atoms with Crippen molar-refractivity contribution in [2.75, 3.05) is 36.4 Å². The van der Waals surface area contributed by atoms with Crippen LogP contribution in [-0.2, 0) is 10.0 Å². The second-order valence-electron chi connectivity index (χ2n) is 8.28. The van der Waals surface area contributed by atoms with E-state index in [1.54, 1.807) is 36.7 Å². The molecule has 0 atom stereocenters. The molecule has 4 aromatic heterocycles. The Bertz CT molecular complexity index is 1400. The van der Waals surface area contributed by atoms with Gasteiger partial charge in [-0.1, -0.05) is 11.3 Å². The van der Waals surface area contributed by atoms with Crippen LogP contribution in [0.4, 0.5) is 16.6 Å². The van der Waals surface area contributed by atoms with Crippen LogP contribution in [0.15, 0.2) is 55.0 Å². The zero-order valence-corrected chi connectivity index (χ0v) is 20.6. The summed E-state index contributed by atoms with van der Waals surface area (Å²) in [6.45, 7) is 5.68. The summed E-state index contributed by atoms with van der Waals surface area (Å²) >= 11 is 1.47. The second kappa shape index (κ2) is 9.24. The molecule has 0 spiro atoms. The highest BCUT2D eigenvalue weighted by atomic mass is 32.2. The van der Waals surface area contributed by atoms with Crippen molar-refractivity contribution >= 4 is 48.3 Å². The summed E-state index contributed by atoms with van der Waals surface area (Å²) in [7, 11) is -3.22.